The summed E-state index contributed by atoms with van der Waals surface area (Å²) in [4.78, 5) is 14.0. The van der Waals surface area contributed by atoms with Gasteiger partial charge in [0.05, 0.1) is 0 Å². The molecule has 1 aromatic carbocycles. The van der Waals surface area contributed by atoms with E-state index in [1.807, 2.05) is 35.2 Å². The van der Waals surface area contributed by atoms with Gasteiger partial charge in [-0.25, -0.2) is 0 Å². The van der Waals surface area contributed by atoms with E-state index in [1.54, 1.807) is 0 Å². The van der Waals surface area contributed by atoms with Crippen LogP contribution in [0, 0.1) is 5.92 Å². The second-order valence-corrected chi connectivity index (χ2v) is 4.56. The molecule has 86 valence electrons. The van der Waals surface area contributed by atoms with Crippen molar-refractivity contribution < 1.29 is 4.79 Å². The van der Waals surface area contributed by atoms with Crippen LogP contribution in [0.15, 0.2) is 54.3 Å². The lowest BCUT2D eigenvalue weighted by molar-refractivity contribution is -0.119. The number of carbonyl (C=O) groups excluding carboxylic acids is 1. The summed E-state index contributed by atoms with van der Waals surface area (Å²) >= 11 is 0. The molecule has 1 saturated heterocycles. The second-order valence-electron chi connectivity index (χ2n) is 4.56. The molecule has 1 atom stereocenters. The first-order chi connectivity index (χ1) is 8.36. The number of fused-ring (bicyclic) bond motifs is 1. The average Bonchev–Trinajstić information content (AvgIpc) is 2.39. The van der Waals surface area contributed by atoms with Crippen LogP contribution in [0.3, 0.4) is 0 Å². The topological polar surface area (TPSA) is 20.3 Å². The van der Waals surface area contributed by atoms with Crippen molar-refractivity contribution in [3.8, 4) is 0 Å². The summed E-state index contributed by atoms with van der Waals surface area (Å²) in [6.45, 7) is 0. The number of anilines is 1. The Morgan fingerprint density at radius 1 is 1.18 bits per heavy atom. The SMILES string of the molecule is O=C1CCC2CC=CC=C2N1c1ccccc1. The first-order valence-corrected chi connectivity index (χ1v) is 6.11. The van der Waals surface area contributed by atoms with Crippen LogP contribution in [0.2, 0.25) is 0 Å². The maximum atomic E-state index is 12.1. The van der Waals surface area contributed by atoms with Crippen molar-refractivity contribution >= 4 is 11.6 Å². The van der Waals surface area contributed by atoms with E-state index in [1.165, 1.54) is 0 Å². The highest BCUT2D eigenvalue weighted by atomic mass is 16.2. The Kier molecular flexibility index (Phi) is 2.56. The minimum atomic E-state index is 0.217. The minimum Gasteiger partial charge on any atom is -0.285 e. The zero-order valence-electron chi connectivity index (χ0n) is 9.67. The highest BCUT2D eigenvalue weighted by Gasteiger charge is 2.31. The summed E-state index contributed by atoms with van der Waals surface area (Å²) in [7, 11) is 0. The van der Waals surface area contributed by atoms with E-state index >= 15 is 0 Å². The van der Waals surface area contributed by atoms with Crippen molar-refractivity contribution in [2.45, 2.75) is 19.3 Å². The molecule has 1 aromatic rings. The molecular weight excluding hydrogens is 210 g/mol. The zero-order valence-corrected chi connectivity index (χ0v) is 9.67. The molecule has 0 bridgehead atoms. The van der Waals surface area contributed by atoms with Crippen molar-refractivity contribution in [3.63, 3.8) is 0 Å². The average molecular weight is 225 g/mol. The third-order valence-electron chi connectivity index (χ3n) is 3.47. The summed E-state index contributed by atoms with van der Waals surface area (Å²) in [5.74, 6) is 0.729. The van der Waals surface area contributed by atoms with E-state index in [2.05, 4.69) is 18.2 Å². The molecule has 0 radical (unpaired) electrons. The van der Waals surface area contributed by atoms with Gasteiger partial charge in [0.25, 0.3) is 0 Å². The standard InChI is InChI=1S/C15H15NO/c17-15-11-10-12-6-4-5-9-14(12)16(15)13-7-2-1-3-8-13/h1-5,7-9,12H,6,10-11H2. The van der Waals surface area contributed by atoms with Crippen LogP contribution >= 0.6 is 0 Å². The van der Waals surface area contributed by atoms with Crippen LogP contribution < -0.4 is 4.90 Å². The van der Waals surface area contributed by atoms with Crippen LogP contribution in [-0.2, 0) is 4.79 Å². The van der Waals surface area contributed by atoms with Crippen molar-refractivity contribution in [2.75, 3.05) is 4.90 Å². The van der Waals surface area contributed by atoms with Crippen molar-refractivity contribution in [1.82, 2.24) is 0 Å². The van der Waals surface area contributed by atoms with Gasteiger partial charge in [-0.2, -0.15) is 0 Å². The third-order valence-corrected chi connectivity index (χ3v) is 3.47. The third kappa shape index (κ3) is 1.80. The molecule has 1 heterocycles. The molecule has 0 spiro atoms. The molecule has 1 aliphatic heterocycles. The predicted octanol–water partition coefficient (Wildman–Crippen LogP) is 3.27. The van der Waals surface area contributed by atoms with Gasteiger partial charge in [0, 0.05) is 23.7 Å². The number of nitrogens with zero attached hydrogens (tertiary/aromatic N) is 1. The van der Waals surface area contributed by atoms with Gasteiger partial charge in [-0.3, -0.25) is 9.69 Å². The summed E-state index contributed by atoms with van der Waals surface area (Å²) in [6, 6.07) is 9.93. The van der Waals surface area contributed by atoms with Gasteiger partial charge in [-0.1, -0.05) is 30.4 Å². The molecule has 3 rings (SSSR count). The summed E-state index contributed by atoms with van der Waals surface area (Å²) in [5, 5.41) is 0. The van der Waals surface area contributed by atoms with Gasteiger partial charge in [-0.05, 0) is 31.1 Å². The molecule has 1 fully saturated rings. The fourth-order valence-corrected chi connectivity index (χ4v) is 2.61. The van der Waals surface area contributed by atoms with Crippen LogP contribution in [0.25, 0.3) is 0 Å². The molecule has 0 aromatic heterocycles. The number of benzene rings is 1. The highest BCUT2D eigenvalue weighted by molar-refractivity contribution is 5.97. The molecule has 2 heteroatoms. The maximum Gasteiger partial charge on any atom is 0.231 e. The van der Waals surface area contributed by atoms with Gasteiger partial charge in [-0.15, -0.1) is 0 Å². The molecule has 1 unspecified atom stereocenters. The summed E-state index contributed by atoms with van der Waals surface area (Å²) < 4.78 is 0. The largest absolute Gasteiger partial charge is 0.285 e. The highest BCUT2D eigenvalue weighted by Crippen LogP contribution is 2.36. The van der Waals surface area contributed by atoms with Gasteiger partial charge in [0.15, 0.2) is 0 Å². The van der Waals surface area contributed by atoms with E-state index in [4.69, 9.17) is 0 Å². The van der Waals surface area contributed by atoms with Crippen LogP contribution in [-0.4, -0.2) is 5.91 Å². The normalized spacial score (nSPS) is 23.3. The Labute approximate surface area is 101 Å². The second kappa shape index (κ2) is 4.21. The quantitative estimate of drug-likeness (QED) is 0.718. The van der Waals surface area contributed by atoms with Crippen molar-refractivity contribution in [1.29, 1.82) is 0 Å². The fourth-order valence-electron chi connectivity index (χ4n) is 2.61. The number of para-hydroxylation sites is 1. The summed E-state index contributed by atoms with van der Waals surface area (Å²) in [6.07, 6.45) is 9.03. The Morgan fingerprint density at radius 3 is 2.82 bits per heavy atom. The van der Waals surface area contributed by atoms with Crippen molar-refractivity contribution in [3.05, 3.63) is 54.3 Å². The molecular formula is C15H15NO. The molecule has 1 amide bonds. The number of allylic oxidation sites excluding steroid dienone is 4. The Morgan fingerprint density at radius 2 is 2.00 bits per heavy atom. The number of hydrogen-bond donors (Lipinski definition) is 0. The molecule has 0 N–H and O–H groups in total. The lowest BCUT2D eigenvalue weighted by Gasteiger charge is -2.36. The lowest BCUT2D eigenvalue weighted by Crippen LogP contribution is -2.38. The summed E-state index contributed by atoms with van der Waals surface area (Å²) in [5.41, 5.74) is 2.15. The van der Waals surface area contributed by atoms with Crippen molar-refractivity contribution in [2.24, 2.45) is 5.92 Å². The molecule has 1 aliphatic carbocycles. The smallest absolute Gasteiger partial charge is 0.231 e. The molecule has 17 heavy (non-hydrogen) atoms. The predicted molar refractivity (Wildman–Crippen MR) is 68.5 cm³/mol. The Bertz CT molecular complexity index is 487. The van der Waals surface area contributed by atoms with E-state index in [-0.39, 0.29) is 5.91 Å². The van der Waals surface area contributed by atoms with E-state index in [9.17, 15) is 4.79 Å². The van der Waals surface area contributed by atoms with Crippen LogP contribution in [0.5, 0.6) is 0 Å². The number of rotatable bonds is 1. The van der Waals surface area contributed by atoms with E-state index < -0.39 is 0 Å². The molecule has 0 saturated carbocycles. The fraction of sp³-hybridized carbons (Fsp3) is 0.267. The number of carbonyl (C=O) groups is 1. The van der Waals surface area contributed by atoms with Crippen LogP contribution in [0.4, 0.5) is 5.69 Å². The first kappa shape index (κ1) is 10.3. The van der Waals surface area contributed by atoms with Gasteiger partial charge < -0.3 is 0 Å². The van der Waals surface area contributed by atoms with Crippen LogP contribution in [0.1, 0.15) is 19.3 Å². The first-order valence-electron chi connectivity index (χ1n) is 6.11. The van der Waals surface area contributed by atoms with Gasteiger partial charge in [0.1, 0.15) is 0 Å². The van der Waals surface area contributed by atoms with E-state index in [0.29, 0.717) is 12.3 Å². The van der Waals surface area contributed by atoms with Gasteiger partial charge >= 0.3 is 0 Å². The Hall–Kier alpha value is -1.83. The number of hydrogen-bond acceptors (Lipinski definition) is 1. The molecule has 2 nitrogen and oxygen atoms in total. The monoisotopic (exact) mass is 225 g/mol. The minimum absolute atomic E-state index is 0.217. The number of piperidine rings is 1. The maximum absolute atomic E-state index is 12.1. The number of amides is 1. The Balaban J connectivity index is 2.03. The zero-order chi connectivity index (χ0) is 11.7. The van der Waals surface area contributed by atoms with Gasteiger partial charge in [0.2, 0.25) is 5.91 Å². The lowest BCUT2D eigenvalue weighted by atomic mass is 9.87. The molecule has 2 aliphatic rings. The van der Waals surface area contributed by atoms with E-state index in [0.717, 1.165) is 24.2 Å².